The van der Waals surface area contributed by atoms with Crippen molar-refractivity contribution < 1.29 is 9.13 Å². The lowest BCUT2D eigenvalue weighted by Gasteiger charge is -2.20. The summed E-state index contributed by atoms with van der Waals surface area (Å²) in [6.45, 7) is 0.737. The number of nitrogens with two attached hydrogens (primary N) is 1. The first kappa shape index (κ1) is 11.4. The summed E-state index contributed by atoms with van der Waals surface area (Å²) in [6, 6.07) is 4.29. The van der Waals surface area contributed by atoms with Gasteiger partial charge >= 0.3 is 0 Å². The molecule has 0 aliphatic carbocycles. The van der Waals surface area contributed by atoms with Crippen molar-refractivity contribution >= 4 is 11.6 Å². The Balaban J connectivity index is 2.22. The zero-order valence-corrected chi connectivity index (χ0v) is 9.51. The predicted molar refractivity (Wildman–Crippen MR) is 61.6 cm³/mol. The monoisotopic (exact) mass is 241 g/mol. The molecule has 1 heterocycles. The standard InChI is InChI=1S/C12H13ClFNO/c13-10-6-8(3-4-11(10)14)12(15)9-2-1-5-16-7-9/h3-4,6-7,12H,1-2,5,15H2. The number of halogens is 2. The van der Waals surface area contributed by atoms with Crippen LogP contribution in [0.25, 0.3) is 0 Å². The van der Waals surface area contributed by atoms with Crippen molar-refractivity contribution in [1.82, 2.24) is 0 Å². The molecule has 0 saturated heterocycles. The maximum atomic E-state index is 13.0. The van der Waals surface area contributed by atoms with Gasteiger partial charge in [-0.05, 0) is 36.1 Å². The van der Waals surface area contributed by atoms with Gasteiger partial charge in [0.2, 0.25) is 0 Å². The molecule has 0 spiro atoms. The van der Waals surface area contributed by atoms with Crippen LogP contribution in [0, 0.1) is 5.82 Å². The molecule has 16 heavy (non-hydrogen) atoms. The van der Waals surface area contributed by atoms with Gasteiger partial charge in [-0.1, -0.05) is 17.7 Å². The predicted octanol–water partition coefficient (Wildman–Crippen LogP) is 3.17. The van der Waals surface area contributed by atoms with Gasteiger partial charge in [-0.2, -0.15) is 0 Å². The van der Waals surface area contributed by atoms with E-state index >= 15 is 0 Å². The molecule has 0 amide bonds. The molecule has 1 atom stereocenters. The summed E-state index contributed by atoms with van der Waals surface area (Å²) in [7, 11) is 0. The normalized spacial score (nSPS) is 17.6. The molecule has 2 nitrogen and oxygen atoms in total. The molecule has 0 bridgehead atoms. The van der Waals surface area contributed by atoms with Crippen LogP contribution in [0.5, 0.6) is 0 Å². The molecule has 1 aliphatic heterocycles. The van der Waals surface area contributed by atoms with Crippen molar-refractivity contribution in [2.75, 3.05) is 6.61 Å². The van der Waals surface area contributed by atoms with Gasteiger partial charge in [0.25, 0.3) is 0 Å². The van der Waals surface area contributed by atoms with Crippen molar-refractivity contribution in [3.05, 3.63) is 46.4 Å². The summed E-state index contributed by atoms with van der Waals surface area (Å²) in [5, 5.41) is 0.102. The number of hydrogen-bond donors (Lipinski definition) is 1. The van der Waals surface area contributed by atoms with E-state index in [1.54, 1.807) is 18.4 Å². The minimum absolute atomic E-state index is 0.102. The van der Waals surface area contributed by atoms with E-state index < -0.39 is 5.82 Å². The van der Waals surface area contributed by atoms with Gasteiger partial charge in [-0.15, -0.1) is 0 Å². The van der Waals surface area contributed by atoms with Gasteiger partial charge in [0.15, 0.2) is 0 Å². The summed E-state index contributed by atoms with van der Waals surface area (Å²) in [4.78, 5) is 0. The van der Waals surface area contributed by atoms with Gasteiger partial charge in [-0.3, -0.25) is 0 Å². The number of rotatable bonds is 2. The second kappa shape index (κ2) is 4.85. The highest BCUT2D eigenvalue weighted by Gasteiger charge is 2.16. The Hall–Kier alpha value is -1.06. The van der Waals surface area contributed by atoms with Gasteiger partial charge in [0, 0.05) is 0 Å². The highest BCUT2D eigenvalue weighted by molar-refractivity contribution is 6.30. The van der Waals surface area contributed by atoms with Gasteiger partial charge < -0.3 is 10.5 Å². The topological polar surface area (TPSA) is 35.2 Å². The molecular weight excluding hydrogens is 229 g/mol. The molecule has 0 saturated carbocycles. The van der Waals surface area contributed by atoms with Gasteiger partial charge in [0.1, 0.15) is 5.82 Å². The second-order valence-corrected chi connectivity index (χ2v) is 4.23. The molecule has 2 N–H and O–H groups in total. The van der Waals surface area contributed by atoms with E-state index in [9.17, 15) is 4.39 Å². The van der Waals surface area contributed by atoms with Crippen LogP contribution in [-0.2, 0) is 4.74 Å². The fraction of sp³-hybridized carbons (Fsp3) is 0.333. The van der Waals surface area contributed by atoms with Crippen molar-refractivity contribution in [3.8, 4) is 0 Å². The molecule has 4 heteroatoms. The number of ether oxygens (including phenoxy) is 1. The molecule has 86 valence electrons. The van der Waals surface area contributed by atoms with E-state index in [0.717, 1.165) is 30.6 Å². The van der Waals surface area contributed by atoms with Gasteiger partial charge in [0.05, 0.1) is 23.9 Å². The molecule has 0 aromatic heterocycles. The third kappa shape index (κ3) is 2.36. The van der Waals surface area contributed by atoms with E-state index in [4.69, 9.17) is 22.1 Å². The Morgan fingerprint density at radius 1 is 1.44 bits per heavy atom. The minimum atomic E-state index is -0.425. The average molecular weight is 242 g/mol. The fourth-order valence-corrected chi connectivity index (χ4v) is 1.92. The molecule has 1 aliphatic rings. The van der Waals surface area contributed by atoms with Crippen LogP contribution in [0.15, 0.2) is 30.0 Å². The maximum absolute atomic E-state index is 13.0. The summed E-state index contributed by atoms with van der Waals surface area (Å²) in [6.07, 6.45) is 3.58. The van der Waals surface area contributed by atoms with E-state index in [1.807, 2.05) is 0 Å². The molecule has 0 fully saturated rings. The molecule has 1 aromatic carbocycles. The van der Waals surface area contributed by atoms with E-state index in [-0.39, 0.29) is 11.1 Å². The van der Waals surface area contributed by atoms with Crippen molar-refractivity contribution in [2.24, 2.45) is 5.73 Å². The quantitative estimate of drug-likeness (QED) is 0.863. The fourth-order valence-electron chi connectivity index (χ4n) is 1.73. The first-order chi connectivity index (χ1) is 7.68. The molecule has 1 unspecified atom stereocenters. The highest BCUT2D eigenvalue weighted by Crippen LogP contribution is 2.27. The van der Waals surface area contributed by atoms with Crippen LogP contribution < -0.4 is 5.73 Å². The lowest BCUT2D eigenvalue weighted by molar-refractivity contribution is 0.221. The van der Waals surface area contributed by atoms with Crippen molar-refractivity contribution in [1.29, 1.82) is 0 Å². The SMILES string of the molecule is NC(C1=COCCC1)c1ccc(F)c(Cl)c1. The lowest BCUT2D eigenvalue weighted by atomic mass is 9.96. The zero-order valence-electron chi connectivity index (χ0n) is 8.75. The Bertz CT molecular complexity index is 419. The van der Waals surface area contributed by atoms with E-state index in [0.29, 0.717) is 0 Å². The highest BCUT2D eigenvalue weighted by atomic mass is 35.5. The molecular formula is C12H13ClFNO. The smallest absolute Gasteiger partial charge is 0.141 e. The summed E-state index contributed by atoms with van der Waals surface area (Å²) < 4.78 is 18.2. The lowest BCUT2D eigenvalue weighted by Crippen LogP contribution is -2.16. The Morgan fingerprint density at radius 2 is 2.25 bits per heavy atom. The third-order valence-electron chi connectivity index (χ3n) is 2.66. The van der Waals surface area contributed by atoms with Crippen LogP contribution in [0.3, 0.4) is 0 Å². The van der Waals surface area contributed by atoms with Crippen LogP contribution in [0.2, 0.25) is 5.02 Å². The Labute approximate surface area is 98.8 Å². The Morgan fingerprint density at radius 3 is 2.88 bits per heavy atom. The first-order valence-electron chi connectivity index (χ1n) is 5.19. The van der Waals surface area contributed by atoms with Crippen LogP contribution in [0.4, 0.5) is 4.39 Å². The average Bonchev–Trinajstić information content (AvgIpc) is 2.33. The minimum Gasteiger partial charge on any atom is -0.501 e. The summed E-state index contributed by atoms with van der Waals surface area (Å²) in [5.41, 5.74) is 7.89. The number of benzene rings is 1. The van der Waals surface area contributed by atoms with E-state index in [1.165, 1.54) is 6.07 Å². The van der Waals surface area contributed by atoms with Crippen LogP contribution in [0.1, 0.15) is 24.4 Å². The molecule has 1 aromatic rings. The van der Waals surface area contributed by atoms with Crippen LogP contribution >= 0.6 is 11.6 Å². The molecule has 0 radical (unpaired) electrons. The molecule has 2 rings (SSSR count). The zero-order chi connectivity index (χ0) is 11.5. The second-order valence-electron chi connectivity index (χ2n) is 3.82. The maximum Gasteiger partial charge on any atom is 0.141 e. The first-order valence-corrected chi connectivity index (χ1v) is 5.57. The summed E-state index contributed by atoms with van der Waals surface area (Å²) >= 11 is 5.72. The van der Waals surface area contributed by atoms with E-state index in [2.05, 4.69) is 0 Å². The van der Waals surface area contributed by atoms with Crippen molar-refractivity contribution in [2.45, 2.75) is 18.9 Å². The van der Waals surface area contributed by atoms with Gasteiger partial charge in [-0.25, -0.2) is 4.39 Å². The largest absolute Gasteiger partial charge is 0.501 e. The summed E-state index contributed by atoms with van der Waals surface area (Å²) in [5.74, 6) is -0.425. The number of hydrogen-bond acceptors (Lipinski definition) is 2. The van der Waals surface area contributed by atoms with Crippen LogP contribution in [-0.4, -0.2) is 6.61 Å². The Kier molecular flexibility index (Phi) is 3.46. The third-order valence-corrected chi connectivity index (χ3v) is 2.95. The van der Waals surface area contributed by atoms with Crippen molar-refractivity contribution in [3.63, 3.8) is 0 Å².